The standard InChI is InChI=1S/C20H20N/c1-21(14-13-17-7-3-2-4-8-17)16-18-11-12-19-9-5-6-10-20(19)15-18/h2-10,12,15H,13-14,16H2,1H3. The highest BCUT2D eigenvalue weighted by atomic mass is 15.1. The molecule has 1 heteroatoms. The van der Waals surface area contributed by atoms with Gasteiger partial charge in [0.2, 0.25) is 0 Å². The molecule has 0 bridgehead atoms. The zero-order valence-corrected chi connectivity index (χ0v) is 12.4. The Morgan fingerprint density at radius 1 is 0.905 bits per heavy atom. The molecule has 0 aliphatic carbocycles. The van der Waals surface area contributed by atoms with Crippen LogP contribution in [0.1, 0.15) is 11.1 Å². The number of likely N-dealkylation sites (N-methyl/N-ethyl adjacent to an activating group) is 1. The van der Waals surface area contributed by atoms with Crippen molar-refractivity contribution in [3.05, 3.63) is 83.9 Å². The topological polar surface area (TPSA) is 3.24 Å². The molecule has 0 amide bonds. The van der Waals surface area contributed by atoms with Crippen molar-refractivity contribution < 1.29 is 0 Å². The second kappa shape index (κ2) is 6.55. The minimum Gasteiger partial charge on any atom is -0.302 e. The molecule has 0 unspecified atom stereocenters. The lowest BCUT2D eigenvalue weighted by atomic mass is 10.1. The van der Waals surface area contributed by atoms with Crippen LogP contribution in [0.4, 0.5) is 0 Å². The minimum atomic E-state index is 0.942. The van der Waals surface area contributed by atoms with Crippen molar-refractivity contribution in [2.24, 2.45) is 0 Å². The Kier molecular flexibility index (Phi) is 4.32. The molecule has 0 saturated carbocycles. The van der Waals surface area contributed by atoms with E-state index in [9.17, 15) is 0 Å². The van der Waals surface area contributed by atoms with Crippen molar-refractivity contribution in [1.82, 2.24) is 4.90 Å². The Bertz CT molecular complexity index is 703. The molecular weight excluding hydrogens is 254 g/mol. The molecule has 0 atom stereocenters. The van der Waals surface area contributed by atoms with Crippen LogP contribution in [-0.4, -0.2) is 18.5 Å². The Labute approximate surface area is 126 Å². The highest BCUT2D eigenvalue weighted by molar-refractivity contribution is 5.82. The van der Waals surface area contributed by atoms with E-state index in [1.165, 1.54) is 21.9 Å². The maximum atomic E-state index is 3.40. The molecular formula is C20H20N. The van der Waals surface area contributed by atoms with Crippen LogP contribution in [-0.2, 0) is 13.0 Å². The lowest BCUT2D eigenvalue weighted by Crippen LogP contribution is -2.20. The Hall–Kier alpha value is -2.12. The van der Waals surface area contributed by atoms with Crippen LogP contribution < -0.4 is 0 Å². The maximum Gasteiger partial charge on any atom is 0.0237 e. The summed E-state index contributed by atoms with van der Waals surface area (Å²) < 4.78 is 0. The molecule has 21 heavy (non-hydrogen) atoms. The van der Waals surface area contributed by atoms with Crippen molar-refractivity contribution in [1.29, 1.82) is 0 Å². The third-order valence-electron chi connectivity index (χ3n) is 3.80. The molecule has 3 rings (SSSR count). The summed E-state index contributed by atoms with van der Waals surface area (Å²) in [7, 11) is 2.17. The van der Waals surface area contributed by atoms with E-state index in [0.717, 1.165) is 19.5 Å². The van der Waals surface area contributed by atoms with Crippen molar-refractivity contribution in [3.63, 3.8) is 0 Å². The fourth-order valence-electron chi connectivity index (χ4n) is 2.60. The first-order valence-electron chi connectivity index (χ1n) is 7.43. The summed E-state index contributed by atoms with van der Waals surface area (Å²) in [4.78, 5) is 2.35. The van der Waals surface area contributed by atoms with Crippen LogP contribution in [0.25, 0.3) is 10.8 Å². The molecule has 3 aromatic carbocycles. The lowest BCUT2D eigenvalue weighted by molar-refractivity contribution is 0.331. The van der Waals surface area contributed by atoms with Crippen molar-refractivity contribution >= 4 is 10.8 Å². The first-order chi connectivity index (χ1) is 10.3. The molecule has 0 heterocycles. The summed E-state index contributed by atoms with van der Waals surface area (Å²) in [5.41, 5.74) is 2.65. The van der Waals surface area contributed by atoms with Gasteiger partial charge in [-0.1, -0.05) is 54.6 Å². The van der Waals surface area contributed by atoms with Crippen molar-refractivity contribution in [2.45, 2.75) is 13.0 Å². The van der Waals surface area contributed by atoms with E-state index in [1.807, 2.05) is 0 Å². The van der Waals surface area contributed by atoms with Gasteiger partial charge in [0, 0.05) is 13.1 Å². The summed E-state index contributed by atoms with van der Waals surface area (Å²) in [6.07, 6.45) is 1.09. The molecule has 105 valence electrons. The fourth-order valence-corrected chi connectivity index (χ4v) is 2.60. The van der Waals surface area contributed by atoms with E-state index in [-0.39, 0.29) is 0 Å². The average Bonchev–Trinajstić information content (AvgIpc) is 2.54. The van der Waals surface area contributed by atoms with Gasteiger partial charge in [-0.05, 0) is 53.6 Å². The SMILES string of the molecule is CN(CCc1ccccc1)Cc1[c]cc2ccccc2c1. The predicted molar refractivity (Wildman–Crippen MR) is 89.3 cm³/mol. The van der Waals surface area contributed by atoms with Gasteiger partial charge in [-0.25, -0.2) is 0 Å². The van der Waals surface area contributed by atoms with Crippen LogP contribution in [0.3, 0.4) is 0 Å². The van der Waals surface area contributed by atoms with Crippen LogP contribution in [0.2, 0.25) is 0 Å². The van der Waals surface area contributed by atoms with Crippen LogP contribution in [0, 0.1) is 6.07 Å². The van der Waals surface area contributed by atoms with Gasteiger partial charge in [0.15, 0.2) is 0 Å². The second-order valence-corrected chi connectivity index (χ2v) is 5.56. The molecule has 0 N–H and O–H groups in total. The Morgan fingerprint density at radius 3 is 2.43 bits per heavy atom. The summed E-state index contributed by atoms with van der Waals surface area (Å²) in [6, 6.07) is 26.8. The van der Waals surface area contributed by atoms with Gasteiger partial charge in [0.05, 0.1) is 0 Å². The lowest BCUT2D eigenvalue weighted by Gasteiger charge is -2.17. The van der Waals surface area contributed by atoms with E-state index >= 15 is 0 Å². The van der Waals surface area contributed by atoms with E-state index in [0.29, 0.717) is 0 Å². The fraction of sp³-hybridized carbons (Fsp3) is 0.200. The van der Waals surface area contributed by atoms with Gasteiger partial charge in [-0.2, -0.15) is 0 Å². The quantitative estimate of drug-likeness (QED) is 0.670. The summed E-state index contributed by atoms with van der Waals surface area (Å²) in [5.74, 6) is 0. The highest BCUT2D eigenvalue weighted by Gasteiger charge is 2.02. The minimum absolute atomic E-state index is 0.942. The summed E-state index contributed by atoms with van der Waals surface area (Å²) in [6.45, 7) is 2.00. The third kappa shape index (κ3) is 3.71. The largest absolute Gasteiger partial charge is 0.302 e. The zero-order valence-electron chi connectivity index (χ0n) is 12.4. The third-order valence-corrected chi connectivity index (χ3v) is 3.80. The molecule has 0 fully saturated rings. The molecule has 0 aromatic heterocycles. The molecule has 0 aliphatic heterocycles. The van der Waals surface area contributed by atoms with E-state index in [2.05, 4.69) is 84.7 Å². The Balaban J connectivity index is 1.62. The average molecular weight is 274 g/mol. The van der Waals surface area contributed by atoms with Gasteiger partial charge < -0.3 is 4.90 Å². The number of nitrogens with zero attached hydrogens (tertiary/aromatic N) is 1. The molecule has 3 aromatic rings. The molecule has 0 aliphatic rings. The molecule has 1 radical (unpaired) electrons. The smallest absolute Gasteiger partial charge is 0.0237 e. The van der Waals surface area contributed by atoms with Gasteiger partial charge >= 0.3 is 0 Å². The van der Waals surface area contributed by atoms with Crippen LogP contribution in [0.15, 0.2) is 66.7 Å². The van der Waals surface area contributed by atoms with Gasteiger partial charge in [0.1, 0.15) is 0 Å². The first-order valence-corrected chi connectivity index (χ1v) is 7.43. The van der Waals surface area contributed by atoms with Crippen LogP contribution >= 0.6 is 0 Å². The number of fused-ring (bicyclic) bond motifs is 1. The first kappa shape index (κ1) is 13.8. The van der Waals surface area contributed by atoms with Gasteiger partial charge in [0.25, 0.3) is 0 Å². The predicted octanol–water partition coefficient (Wildman–Crippen LogP) is 4.31. The number of benzene rings is 3. The monoisotopic (exact) mass is 274 g/mol. The van der Waals surface area contributed by atoms with Crippen molar-refractivity contribution in [2.75, 3.05) is 13.6 Å². The second-order valence-electron chi connectivity index (χ2n) is 5.56. The van der Waals surface area contributed by atoms with Crippen molar-refractivity contribution in [3.8, 4) is 0 Å². The van der Waals surface area contributed by atoms with E-state index in [1.54, 1.807) is 0 Å². The number of hydrogen-bond donors (Lipinski definition) is 0. The maximum absolute atomic E-state index is 3.40. The van der Waals surface area contributed by atoms with Gasteiger partial charge in [-0.15, -0.1) is 0 Å². The summed E-state index contributed by atoms with van der Waals surface area (Å²) >= 11 is 0. The molecule has 0 spiro atoms. The van der Waals surface area contributed by atoms with E-state index in [4.69, 9.17) is 0 Å². The molecule has 1 nitrogen and oxygen atoms in total. The van der Waals surface area contributed by atoms with Crippen LogP contribution in [0.5, 0.6) is 0 Å². The zero-order chi connectivity index (χ0) is 14.5. The normalized spacial score (nSPS) is 11.1. The summed E-state index contributed by atoms with van der Waals surface area (Å²) in [5, 5.41) is 2.55. The highest BCUT2D eigenvalue weighted by Crippen LogP contribution is 2.16. The molecule has 0 saturated heterocycles. The van der Waals surface area contributed by atoms with E-state index < -0.39 is 0 Å². The number of hydrogen-bond acceptors (Lipinski definition) is 1. The number of rotatable bonds is 5. The van der Waals surface area contributed by atoms with Gasteiger partial charge in [-0.3, -0.25) is 0 Å². The Morgan fingerprint density at radius 2 is 1.62 bits per heavy atom.